The van der Waals surface area contributed by atoms with Gasteiger partial charge in [-0.3, -0.25) is 5.10 Å². The second-order valence-corrected chi connectivity index (χ2v) is 5.16. The predicted octanol–water partition coefficient (Wildman–Crippen LogP) is 2.28. The zero-order valence-corrected chi connectivity index (χ0v) is 11.2. The summed E-state index contributed by atoms with van der Waals surface area (Å²) in [4.78, 5) is 4.58. The van der Waals surface area contributed by atoms with Crippen LogP contribution in [0.3, 0.4) is 0 Å². The van der Waals surface area contributed by atoms with E-state index in [1.165, 1.54) is 32.1 Å². The molecule has 0 saturated heterocycles. The number of hydrogen-bond acceptors (Lipinski definition) is 4. The summed E-state index contributed by atoms with van der Waals surface area (Å²) in [7, 11) is 1.71. The summed E-state index contributed by atoms with van der Waals surface area (Å²) in [5.74, 6) is 2.35. The summed E-state index contributed by atoms with van der Waals surface area (Å²) in [5.41, 5.74) is 6.08. The number of rotatable bonds is 6. The van der Waals surface area contributed by atoms with Crippen LogP contribution in [0.4, 0.5) is 0 Å². The van der Waals surface area contributed by atoms with Crippen molar-refractivity contribution in [1.29, 1.82) is 0 Å². The van der Waals surface area contributed by atoms with Gasteiger partial charge in [-0.1, -0.05) is 19.3 Å². The maximum Gasteiger partial charge on any atom is 0.167 e. The molecular formula is C13H24N4O. The molecule has 3 N–H and O–H groups in total. The molecule has 0 aliphatic heterocycles. The van der Waals surface area contributed by atoms with Gasteiger partial charge in [0.25, 0.3) is 0 Å². The summed E-state index contributed by atoms with van der Waals surface area (Å²) < 4.78 is 5.02. The minimum Gasteiger partial charge on any atom is -0.385 e. The van der Waals surface area contributed by atoms with Crippen LogP contribution in [0.15, 0.2) is 0 Å². The summed E-state index contributed by atoms with van der Waals surface area (Å²) >= 11 is 0. The number of H-pyrrole nitrogens is 1. The zero-order valence-electron chi connectivity index (χ0n) is 11.2. The molecule has 1 unspecified atom stereocenters. The minimum atomic E-state index is -0.0752. The third-order valence-electron chi connectivity index (χ3n) is 3.71. The van der Waals surface area contributed by atoms with Crippen molar-refractivity contribution in [3.05, 3.63) is 11.6 Å². The lowest BCUT2D eigenvalue weighted by Gasteiger charge is -2.18. The number of nitrogens with two attached hydrogens (primary N) is 1. The number of nitrogens with one attached hydrogen (secondary N) is 1. The van der Waals surface area contributed by atoms with Crippen molar-refractivity contribution in [3.63, 3.8) is 0 Å². The van der Waals surface area contributed by atoms with Gasteiger partial charge < -0.3 is 10.5 Å². The van der Waals surface area contributed by atoms with Crippen molar-refractivity contribution in [1.82, 2.24) is 15.2 Å². The zero-order chi connectivity index (χ0) is 12.8. The fourth-order valence-electron chi connectivity index (χ4n) is 2.59. The van der Waals surface area contributed by atoms with E-state index < -0.39 is 0 Å². The Balaban J connectivity index is 1.88. The largest absolute Gasteiger partial charge is 0.385 e. The quantitative estimate of drug-likeness (QED) is 0.761. The highest BCUT2D eigenvalue weighted by Gasteiger charge is 2.20. The van der Waals surface area contributed by atoms with Gasteiger partial charge in [-0.25, -0.2) is 4.98 Å². The van der Waals surface area contributed by atoms with E-state index in [0.717, 1.165) is 31.1 Å². The molecule has 1 aliphatic carbocycles. The smallest absolute Gasteiger partial charge is 0.167 e. The Labute approximate surface area is 109 Å². The van der Waals surface area contributed by atoms with E-state index in [1.54, 1.807) is 7.11 Å². The molecule has 5 heteroatoms. The van der Waals surface area contributed by atoms with E-state index in [2.05, 4.69) is 15.2 Å². The molecule has 0 radical (unpaired) electrons. The Bertz CT molecular complexity index is 347. The standard InChI is InChI=1S/C13H24N4O/c1-18-9-5-8-11(14)13-15-12(16-17-13)10-6-3-2-4-7-10/h10-11H,2-9,14H2,1H3,(H,15,16,17). The lowest BCUT2D eigenvalue weighted by Crippen LogP contribution is -2.13. The highest BCUT2D eigenvalue weighted by Crippen LogP contribution is 2.30. The van der Waals surface area contributed by atoms with Crippen LogP contribution in [0.2, 0.25) is 0 Å². The van der Waals surface area contributed by atoms with Crippen LogP contribution in [0.25, 0.3) is 0 Å². The van der Waals surface area contributed by atoms with E-state index in [4.69, 9.17) is 10.5 Å². The van der Waals surface area contributed by atoms with Crippen molar-refractivity contribution in [2.45, 2.75) is 56.9 Å². The normalized spacial score (nSPS) is 19.0. The van der Waals surface area contributed by atoms with Crippen LogP contribution < -0.4 is 5.73 Å². The van der Waals surface area contributed by atoms with Crippen molar-refractivity contribution in [2.24, 2.45) is 5.73 Å². The Morgan fingerprint density at radius 2 is 2.17 bits per heavy atom. The first-order valence-corrected chi connectivity index (χ1v) is 6.98. The molecule has 1 atom stereocenters. The fourth-order valence-corrected chi connectivity index (χ4v) is 2.59. The van der Waals surface area contributed by atoms with E-state index in [1.807, 2.05) is 0 Å². The maximum absolute atomic E-state index is 6.08. The minimum absolute atomic E-state index is 0.0752. The van der Waals surface area contributed by atoms with Gasteiger partial charge in [-0.2, -0.15) is 5.10 Å². The monoisotopic (exact) mass is 252 g/mol. The van der Waals surface area contributed by atoms with Crippen molar-refractivity contribution in [2.75, 3.05) is 13.7 Å². The SMILES string of the molecule is COCCCC(N)c1n[nH]c(C2CCCCC2)n1. The van der Waals surface area contributed by atoms with Gasteiger partial charge in [0.05, 0.1) is 6.04 Å². The topological polar surface area (TPSA) is 76.8 Å². The van der Waals surface area contributed by atoms with Crippen LogP contribution in [0.5, 0.6) is 0 Å². The van der Waals surface area contributed by atoms with Crippen molar-refractivity contribution < 1.29 is 4.74 Å². The summed E-state index contributed by atoms with van der Waals surface area (Å²) in [5, 5.41) is 7.34. The number of methoxy groups -OCH3 is 1. The van der Waals surface area contributed by atoms with Gasteiger partial charge in [0.1, 0.15) is 5.82 Å². The molecule has 2 rings (SSSR count). The van der Waals surface area contributed by atoms with Gasteiger partial charge >= 0.3 is 0 Å². The van der Waals surface area contributed by atoms with Gasteiger partial charge in [0.2, 0.25) is 0 Å². The van der Waals surface area contributed by atoms with Crippen LogP contribution in [0.1, 0.15) is 68.6 Å². The molecule has 102 valence electrons. The second kappa shape index (κ2) is 6.85. The van der Waals surface area contributed by atoms with Crippen LogP contribution in [0, 0.1) is 0 Å². The van der Waals surface area contributed by atoms with Crippen molar-refractivity contribution >= 4 is 0 Å². The van der Waals surface area contributed by atoms with E-state index in [-0.39, 0.29) is 6.04 Å². The molecule has 18 heavy (non-hydrogen) atoms. The molecule has 5 nitrogen and oxygen atoms in total. The van der Waals surface area contributed by atoms with Gasteiger partial charge in [-0.15, -0.1) is 0 Å². The highest BCUT2D eigenvalue weighted by atomic mass is 16.5. The molecule has 1 heterocycles. The number of aromatic amines is 1. The predicted molar refractivity (Wildman–Crippen MR) is 70.2 cm³/mol. The summed E-state index contributed by atoms with van der Waals surface area (Å²) in [6.07, 6.45) is 8.25. The van der Waals surface area contributed by atoms with E-state index in [0.29, 0.717) is 5.92 Å². The molecule has 1 aromatic heterocycles. The summed E-state index contributed by atoms with van der Waals surface area (Å²) in [6.45, 7) is 0.744. The average Bonchev–Trinajstić information content (AvgIpc) is 2.89. The van der Waals surface area contributed by atoms with E-state index in [9.17, 15) is 0 Å². The molecule has 1 aromatic rings. The highest BCUT2D eigenvalue weighted by molar-refractivity contribution is 5.01. The number of ether oxygens (including phenoxy) is 1. The Kier molecular flexibility index (Phi) is 5.13. The van der Waals surface area contributed by atoms with Gasteiger partial charge in [-0.05, 0) is 25.7 Å². The first-order valence-electron chi connectivity index (χ1n) is 6.98. The van der Waals surface area contributed by atoms with Crippen molar-refractivity contribution in [3.8, 4) is 0 Å². The lowest BCUT2D eigenvalue weighted by molar-refractivity contribution is 0.190. The van der Waals surface area contributed by atoms with Crippen LogP contribution in [-0.2, 0) is 4.74 Å². The molecule has 1 saturated carbocycles. The third-order valence-corrected chi connectivity index (χ3v) is 3.71. The third kappa shape index (κ3) is 3.53. The maximum atomic E-state index is 6.08. The Hall–Kier alpha value is -0.940. The first kappa shape index (κ1) is 13.5. The summed E-state index contributed by atoms with van der Waals surface area (Å²) in [6, 6.07) is -0.0752. The number of aromatic nitrogens is 3. The van der Waals surface area contributed by atoms with Crippen LogP contribution >= 0.6 is 0 Å². The average molecular weight is 252 g/mol. The molecule has 0 amide bonds. The number of hydrogen-bond donors (Lipinski definition) is 2. The molecule has 0 bridgehead atoms. The van der Waals surface area contributed by atoms with Gasteiger partial charge in [0.15, 0.2) is 5.82 Å². The number of nitrogens with zero attached hydrogens (tertiary/aromatic N) is 2. The van der Waals surface area contributed by atoms with Gasteiger partial charge in [0, 0.05) is 19.6 Å². The van der Waals surface area contributed by atoms with E-state index >= 15 is 0 Å². The Morgan fingerprint density at radius 3 is 2.89 bits per heavy atom. The lowest BCUT2D eigenvalue weighted by atomic mass is 9.89. The molecule has 1 aliphatic rings. The molecular weight excluding hydrogens is 228 g/mol. The molecule has 0 aromatic carbocycles. The second-order valence-electron chi connectivity index (χ2n) is 5.16. The Morgan fingerprint density at radius 1 is 1.39 bits per heavy atom. The van der Waals surface area contributed by atoms with Crippen LogP contribution in [-0.4, -0.2) is 28.9 Å². The first-order chi connectivity index (χ1) is 8.81. The fraction of sp³-hybridized carbons (Fsp3) is 0.846. The molecule has 1 fully saturated rings. The molecule has 0 spiro atoms.